The SMILES string of the molecule is CC1(C)[C@@H]2CC[C@H](C2)[C@@]1(C)NC(=O)C[N+](C)(C)Cc1ccccc1. The number of likely N-dealkylation sites (N-methyl/N-ethyl adjacent to an activating group) is 1. The van der Waals surface area contributed by atoms with Crippen molar-refractivity contribution in [2.24, 2.45) is 17.3 Å². The molecule has 1 aromatic rings. The summed E-state index contributed by atoms with van der Waals surface area (Å²) in [5, 5.41) is 3.46. The van der Waals surface area contributed by atoms with Gasteiger partial charge in [0.1, 0.15) is 6.54 Å². The predicted molar refractivity (Wildman–Crippen MR) is 98.3 cm³/mol. The van der Waals surface area contributed by atoms with E-state index in [4.69, 9.17) is 0 Å². The highest BCUT2D eigenvalue weighted by Crippen LogP contribution is 2.61. The molecule has 0 unspecified atom stereocenters. The van der Waals surface area contributed by atoms with Crippen molar-refractivity contribution in [3.05, 3.63) is 35.9 Å². The first-order chi connectivity index (χ1) is 11.1. The second-order valence-corrected chi connectivity index (χ2v) is 9.42. The lowest BCUT2D eigenvalue weighted by Crippen LogP contribution is -2.61. The van der Waals surface area contributed by atoms with E-state index in [0.717, 1.165) is 12.5 Å². The molecule has 3 heteroatoms. The lowest BCUT2D eigenvalue weighted by Gasteiger charge is -2.48. The molecule has 2 aliphatic rings. The van der Waals surface area contributed by atoms with Crippen LogP contribution in [0.25, 0.3) is 0 Å². The fourth-order valence-corrected chi connectivity index (χ4v) is 5.23. The van der Waals surface area contributed by atoms with Crippen molar-refractivity contribution in [1.29, 1.82) is 0 Å². The third-order valence-corrected chi connectivity index (χ3v) is 7.03. The first-order valence-corrected chi connectivity index (χ1v) is 9.31. The molecular weight excluding hydrogens is 296 g/mol. The highest BCUT2D eigenvalue weighted by Gasteiger charge is 2.61. The highest BCUT2D eigenvalue weighted by molar-refractivity contribution is 5.78. The van der Waals surface area contributed by atoms with E-state index in [-0.39, 0.29) is 16.9 Å². The zero-order chi connectivity index (χ0) is 17.6. The van der Waals surface area contributed by atoms with Crippen LogP contribution in [0.2, 0.25) is 0 Å². The molecule has 2 bridgehead atoms. The number of hydrogen-bond donors (Lipinski definition) is 1. The van der Waals surface area contributed by atoms with Crippen molar-refractivity contribution in [3.8, 4) is 0 Å². The topological polar surface area (TPSA) is 29.1 Å². The fraction of sp³-hybridized carbons (Fsp3) is 0.667. The summed E-state index contributed by atoms with van der Waals surface area (Å²) in [6.07, 6.45) is 3.89. The highest BCUT2D eigenvalue weighted by atomic mass is 16.2. The second-order valence-electron chi connectivity index (χ2n) is 9.42. The molecule has 1 amide bonds. The molecule has 3 atom stereocenters. The van der Waals surface area contributed by atoms with Gasteiger partial charge in [-0.15, -0.1) is 0 Å². The third kappa shape index (κ3) is 2.99. The third-order valence-electron chi connectivity index (χ3n) is 7.03. The molecule has 0 aliphatic heterocycles. The molecule has 0 aromatic heterocycles. The normalized spacial score (nSPS) is 31.2. The van der Waals surface area contributed by atoms with E-state index in [9.17, 15) is 4.79 Å². The minimum Gasteiger partial charge on any atom is -0.345 e. The number of amides is 1. The predicted octanol–water partition coefficient (Wildman–Crippen LogP) is 3.59. The van der Waals surface area contributed by atoms with Gasteiger partial charge in [-0.05, 0) is 43.4 Å². The molecule has 3 rings (SSSR count). The number of nitrogens with one attached hydrogen (secondary N) is 1. The van der Waals surface area contributed by atoms with Crippen LogP contribution in [0.1, 0.15) is 45.6 Å². The van der Waals surface area contributed by atoms with Crippen LogP contribution < -0.4 is 5.32 Å². The maximum atomic E-state index is 12.8. The van der Waals surface area contributed by atoms with Crippen molar-refractivity contribution < 1.29 is 9.28 Å². The molecule has 1 aromatic carbocycles. The molecule has 0 radical (unpaired) electrons. The van der Waals surface area contributed by atoms with Crippen molar-refractivity contribution in [1.82, 2.24) is 5.32 Å². The first kappa shape index (κ1) is 17.5. The molecule has 2 aliphatic carbocycles. The molecule has 2 fully saturated rings. The van der Waals surface area contributed by atoms with Crippen molar-refractivity contribution >= 4 is 5.91 Å². The van der Waals surface area contributed by atoms with Gasteiger partial charge in [0, 0.05) is 11.1 Å². The first-order valence-electron chi connectivity index (χ1n) is 9.31. The van der Waals surface area contributed by atoms with Crippen LogP contribution in [0.3, 0.4) is 0 Å². The molecule has 132 valence electrons. The smallest absolute Gasteiger partial charge is 0.275 e. The number of benzene rings is 1. The summed E-state index contributed by atoms with van der Waals surface area (Å²) >= 11 is 0. The van der Waals surface area contributed by atoms with E-state index < -0.39 is 0 Å². The van der Waals surface area contributed by atoms with Crippen LogP contribution in [0.5, 0.6) is 0 Å². The van der Waals surface area contributed by atoms with E-state index >= 15 is 0 Å². The fourth-order valence-electron chi connectivity index (χ4n) is 5.23. The van der Waals surface area contributed by atoms with Gasteiger partial charge in [-0.2, -0.15) is 0 Å². The van der Waals surface area contributed by atoms with Crippen LogP contribution in [0.15, 0.2) is 30.3 Å². The molecule has 0 saturated heterocycles. The lowest BCUT2D eigenvalue weighted by molar-refractivity contribution is -0.895. The summed E-state index contributed by atoms with van der Waals surface area (Å²) in [7, 11) is 4.28. The Bertz CT molecular complexity index is 608. The Kier molecular flexibility index (Phi) is 4.28. The summed E-state index contributed by atoms with van der Waals surface area (Å²) in [4.78, 5) is 12.8. The van der Waals surface area contributed by atoms with E-state index in [1.165, 1.54) is 24.8 Å². The molecule has 24 heavy (non-hydrogen) atoms. The summed E-state index contributed by atoms with van der Waals surface area (Å²) < 4.78 is 0.681. The number of quaternary nitrogens is 1. The largest absolute Gasteiger partial charge is 0.345 e. The Hall–Kier alpha value is -1.35. The van der Waals surface area contributed by atoms with Crippen LogP contribution >= 0.6 is 0 Å². The van der Waals surface area contributed by atoms with Crippen molar-refractivity contribution in [2.45, 2.75) is 52.1 Å². The van der Waals surface area contributed by atoms with Crippen molar-refractivity contribution in [2.75, 3.05) is 20.6 Å². The van der Waals surface area contributed by atoms with E-state index in [1.807, 2.05) is 6.07 Å². The van der Waals surface area contributed by atoms with Gasteiger partial charge in [0.15, 0.2) is 6.54 Å². The number of carbonyl (C=O) groups is 1. The van der Waals surface area contributed by atoms with Gasteiger partial charge in [0.2, 0.25) is 0 Å². The van der Waals surface area contributed by atoms with Gasteiger partial charge in [-0.3, -0.25) is 4.79 Å². The number of rotatable bonds is 5. The Morgan fingerprint density at radius 3 is 2.33 bits per heavy atom. The lowest BCUT2D eigenvalue weighted by atomic mass is 9.64. The molecule has 0 heterocycles. The van der Waals surface area contributed by atoms with Crippen LogP contribution in [-0.4, -0.2) is 36.6 Å². The van der Waals surface area contributed by atoms with Crippen molar-refractivity contribution in [3.63, 3.8) is 0 Å². The second kappa shape index (κ2) is 5.87. The molecule has 3 nitrogen and oxygen atoms in total. The van der Waals surface area contributed by atoms with E-state index in [0.29, 0.717) is 16.9 Å². The number of nitrogens with zero attached hydrogens (tertiary/aromatic N) is 1. The molecular formula is C21H33N2O+. The monoisotopic (exact) mass is 329 g/mol. The van der Waals surface area contributed by atoms with Gasteiger partial charge in [0.05, 0.1) is 14.1 Å². The van der Waals surface area contributed by atoms with Crippen LogP contribution in [0.4, 0.5) is 0 Å². The minimum atomic E-state index is -0.0558. The number of hydrogen-bond acceptors (Lipinski definition) is 1. The quantitative estimate of drug-likeness (QED) is 0.822. The molecule has 2 saturated carbocycles. The zero-order valence-electron chi connectivity index (χ0n) is 15.9. The van der Waals surface area contributed by atoms with Gasteiger partial charge in [-0.25, -0.2) is 0 Å². The van der Waals surface area contributed by atoms with E-state index in [2.05, 4.69) is 64.4 Å². The van der Waals surface area contributed by atoms with Crippen LogP contribution in [0, 0.1) is 17.3 Å². The van der Waals surface area contributed by atoms with E-state index in [1.54, 1.807) is 0 Å². The van der Waals surface area contributed by atoms with Gasteiger partial charge >= 0.3 is 0 Å². The molecule has 0 spiro atoms. The van der Waals surface area contributed by atoms with Gasteiger partial charge in [0.25, 0.3) is 5.91 Å². The average molecular weight is 330 g/mol. The summed E-state index contributed by atoms with van der Waals surface area (Å²) in [5.41, 5.74) is 1.42. The Morgan fingerprint density at radius 2 is 1.75 bits per heavy atom. The summed E-state index contributed by atoms with van der Waals surface area (Å²) in [5.74, 6) is 1.60. The number of fused-ring (bicyclic) bond motifs is 2. The Labute approximate surface area is 147 Å². The van der Waals surface area contributed by atoms with Crippen LogP contribution in [-0.2, 0) is 11.3 Å². The Morgan fingerprint density at radius 1 is 1.12 bits per heavy atom. The summed E-state index contributed by atoms with van der Waals surface area (Å²) in [6, 6.07) is 10.4. The maximum Gasteiger partial charge on any atom is 0.275 e. The Balaban J connectivity index is 1.65. The van der Waals surface area contributed by atoms with Gasteiger partial charge in [-0.1, -0.05) is 44.2 Å². The maximum absolute atomic E-state index is 12.8. The standard InChI is InChI=1S/C21H32N2O/c1-20(2)17-11-12-18(13-17)21(20,3)22-19(24)15-23(4,5)14-16-9-7-6-8-10-16/h6-10,17-18H,11-15H2,1-5H3/p+1/t17-,18-,21-/m1/s1. The number of carbonyl (C=O) groups excluding carboxylic acids is 1. The average Bonchev–Trinajstić information content (AvgIpc) is 3.02. The summed E-state index contributed by atoms with van der Waals surface area (Å²) in [6.45, 7) is 8.38. The zero-order valence-corrected chi connectivity index (χ0v) is 15.9. The molecule has 1 N–H and O–H groups in total. The minimum absolute atomic E-state index is 0.0558. The van der Waals surface area contributed by atoms with Gasteiger partial charge < -0.3 is 9.80 Å².